The standard InChI is InChI=1S/C53H32N4O/c54-33-40-17-7-8-18-41(40)35-25-23-34(24-26-35)38-27-29-42-43-30-28-39(52-56-50(36-13-3-1-4-14-36)55-51(57-52)37-15-5-2-6-16-37)32-47(43)53(46(42)31-38)44-19-9-11-21-48(44)58-49-22-12-10-20-45(49)53/h1-32H. The van der Waals surface area contributed by atoms with Crippen molar-refractivity contribution in [3.05, 3.63) is 222 Å². The highest BCUT2D eigenvalue weighted by Gasteiger charge is 2.51. The van der Waals surface area contributed by atoms with Gasteiger partial charge in [-0.3, -0.25) is 0 Å². The van der Waals surface area contributed by atoms with Gasteiger partial charge in [0.2, 0.25) is 0 Å². The third kappa shape index (κ3) is 5.20. The lowest BCUT2D eigenvalue weighted by Gasteiger charge is -2.39. The average Bonchev–Trinajstić information content (AvgIpc) is 3.58. The van der Waals surface area contributed by atoms with Crippen LogP contribution in [0.2, 0.25) is 0 Å². The molecule has 270 valence electrons. The largest absolute Gasteiger partial charge is 0.457 e. The van der Waals surface area contributed by atoms with E-state index in [4.69, 9.17) is 19.7 Å². The van der Waals surface area contributed by atoms with E-state index in [1.807, 2.05) is 97.1 Å². The Bertz CT molecular complexity index is 2990. The Labute approximate surface area is 336 Å². The van der Waals surface area contributed by atoms with E-state index in [-0.39, 0.29) is 0 Å². The van der Waals surface area contributed by atoms with Crippen LogP contribution in [0.15, 0.2) is 194 Å². The predicted octanol–water partition coefficient (Wildman–Crippen LogP) is 12.5. The molecule has 58 heavy (non-hydrogen) atoms. The van der Waals surface area contributed by atoms with Gasteiger partial charge in [-0.2, -0.15) is 5.26 Å². The van der Waals surface area contributed by atoms with Gasteiger partial charge in [0.1, 0.15) is 11.5 Å². The van der Waals surface area contributed by atoms with E-state index in [0.29, 0.717) is 23.0 Å². The molecule has 11 rings (SSSR count). The van der Waals surface area contributed by atoms with Crippen LogP contribution in [0.4, 0.5) is 0 Å². The Morgan fingerprint density at radius 1 is 0.362 bits per heavy atom. The van der Waals surface area contributed by atoms with Gasteiger partial charge in [-0.1, -0.05) is 164 Å². The Balaban J connectivity index is 1.13. The molecule has 0 atom stereocenters. The molecule has 8 aromatic carbocycles. The molecule has 1 spiro atoms. The second-order valence-electron chi connectivity index (χ2n) is 14.6. The van der Waals surface area contributed by atoms with Crippen molar-refractivity contribution in [3.63, 3.8) is 0 Å². The Kier molecular flexibility index (Phi) is 7.70. The third-order valence-corrected chi connectivity index (χ3v) is 11.5. The van der Waals surface area contributed by atoms with Gasteiger partial charge in [0.15, 0.2) is 17.5 Å². The molecule has 5 nitrogen and oxygen atoms in total. The maximum atomic E-state index is 9.77. The maximum Gasteiger partial charge on any atom is 0.164 e. The molecular weight excluding hydrogens is 709 g/mol. The van der Waals surface area contributed by atoms with E-state index in [0.717, 1.165) is 72.7 Å². The highest BCUT2D eigenvalue weighted by Crippen LogP contribution is 2.62. The molecule has 1 aromatic heterocycles. The van der Waals surface area contributed by atoms with E-state index in [1.54, 1.807) is 0 Å². The zero-order chi connectivity index (χ0) is 38.6. The van der Waals surface area contributed by atoms with Crippen LogP contribution < -0.4 is 4.74 Å². The summed E-state index contributed by atoms with van der Waals surface area (Å²) in [6.45, 7) is 0. The summed E-state index contributed by atoms with van der Waals surface area (Å²) < 4.78 is 6.67. The van der Waals surface area contributed by atoms with Crippen molar-refractivity contribution in [1.29, 1.82) is 5.26 Å². The van der Waals surface area contributed by atoms with Crippen molar-refractivity contribution < 1.29 is 4.74 Å². The van der Waals surface area contributed by atoms with Gasteiger partial charge in [-0.15, -0.1) is 0 Å². The molecule has 0 amide bonds. The maximum absolute atomic E-state index is 9.77. The predicted molar refractivity (Wildman–Crippen MR) is 229 cm³/mol. The number of hydrogen-bond donors (Lipinski definition) is 0. The fraction of sp³-hybridized carbons (Fsp3) is 0.0189. The molecule has 1 aliphatic heterocycles. The fourth-order valence-electron chi connectivity index (χ4n) is 8.83. The van der Waals surface area contributed by atoms with Gasteiger partial charge in [-0.25, -0.2) is 15.0 Å². The number of nitrogens with zero attached hydrogens (tertiary/aromatic N) is 4. The first-order valence-corrected chi connectivity index (χ1v) is 19.3. The lowest BCUT2D eigenvalue weighted by molar-refractivity contribution is 0.436. The molecule has 0 N–H and O–H groups in total. The van der Waals surface area contributed by atoms with Crippen molar-refractivity contribution in [1.82, 2.24) is 15.0 Å². The van der Waals surface area contributed by atoms with Crippen molar-refractivity contribution in [2.75, 3.05) is 0 Å². The Hall–Kier alpha value is -7.94. The SMILES string of the molecule is N#Cc1ccccc1-c1ccc(-c2ccc3c(c2)C2(c4ccccc4Oc4ccccc42)c2cc(-c4nc(-c5ccccc5)nc(-c5ccccc5)n4)ccc2-3)cc1. The van der Waals surface area contributed by atoms with Crippen LogP contribution in [0.1, 0.15) is 27.8 Å². The molecule has 0 bridgehead atoms. The molecular formula is C53H32N4O. The van der Waals surface area contributed by atoms with Crippen LogP contribution in [0.25, 0.3) is 67.5 Å². The van der Waals surface area contributed by atoms with Crippen molar-refractivity contribution in [2.45, 2.75) is 5.41 Å². The minimum Gasteiger partial charge on any atom is -0.457 e. The summed E-state index contributed by atoms with van der Waals surface area (Å²) in [5, 5.41) is 9.77. The number of ether oxygens (including phenoxy) is 1. The summed E-state index contributed by atoms with van der Waals surface area (Å²) in [6.07, 6.45) is 0. The minimum atomic E-state index is -0.703. The zero-order valence-electron chi connectivity index (χ0n) is 31.2. The van der Waals surface area contributed by atoms with Gasteiger partial charge in [0.05, 0.1) is 17.0 Å². The summed E-state index contributed by atoms with van der Waals surface area (Å²) in [4.78, 5) is 15.2. The highest BCUT2D eigenvalue weighted by molar-refractivity contribution is 5.92. The number of fused-ring (bicyclic) bond motifs is 9. The van der Waals surface area contributed by atoms with E-state index in [2.05, 4.69) is 103 Å². The highest BCUT2D eigenvalue weighted by atomic mass is 16.5. The van der Waals surface area contributed by atoms with Crippen molar-refractivity contribution >= 4 is 0 Å². The smallest absolute Gasteiger partial charge is 0.164 e. The molecule has 1 aliphatic carbocycles. The number of para-hydroxylation sites is 2. The van der Waals surface area contributed by atoms with Crippen LogP contribution in [0, 0.1) is 11.3 Å². The molecule has 2 heterocycles. The van der Waals surface area contributed by atoms with E-state index in [9.17, 15) is 5.26 Å². The molecule has 0 fully saturated rings. The number of hydrogen-bond acceptors (Lipinski definition) is 5. The van der Waals surface area contributed by atoms with Crippen LogP contribution in [0.3, 0.4) is 0 Å². The summed E-state index contributed by atoms with van der Waals surface area (Å²) in [7, 11) is 0. The topological polar surface area (TPSA) is 71.7 Å². The Morgan fingerprint density at radius 2 is 0.810 bits per heavy atom. The molecule has 0 saturated heterocycles. The fourth-order valence-corrected chi connectivity index (χ4v) is 8.83. The van der Waals surface area contributed by atoms with Gasteiger partial charge in [0, 0.05) is 27.8 Å². The molecule has 2 aliphatic rings. The first kappa shape index (κ1) is 33.4. The van der Waals surface area contributed by atoms with Crippen molar-refractivity contribution in [2.24, 2.45) is 0 Å². The van der Waals surface area contributed by atoms with Gasteiger partial charge in [0.25, 0.3) is 0 Å². The van der Waals surface area contributed by atoms with Gasteiger partial charge >= 0.3 is 0 Å². The third-order valence-electron chi connectivity index (χ3n) is 11.5. The summed E-state index contributed by atoms with van der Waals surface area (Å²) in [6, 6.07) is 69.1. The van der Waals surface area contributed by atoms with Crippen molar-refractivity contribution in [3.8, 4) is 85.1 Å². The van der Waals surface area contributed by atoms with Gasteiger partial charge in [-0.05, 0) is 74.8 Å². The van der Waals surface area contributed by atoms with E-state index in [1.165, 1.54) is 11.1 Å². The number of aromatic nitrogens is 3. The van der Waals surface area contributed by atoms with E-state index >= 15 is 0 Å². The monoisotopic (exact) mass is 740 g/mol. The average molecular weight is 741 g/mol. The second kappa shape index (κ2) is 13.4. The molecule has 5 heteroatoms. The minimum absolute atomic E-state index is 0.606. The molecule has 0 unspecified atom stereocenters. The van der Waals surface area contributed by atoms with Gasteiger partial charge < -0.3 is 4.74 Å². The molecule has 9 aromatic rings. The van der Waals surface area contributed by atoms with Crippen LogP contribution >= 0.6 is 0 Å². The normalized spacial score (nSPS) is 12.7. The molecule has 0 radical (unpaired) electrons. The Morgan fingerprint density at radius 3 is 1.40 bits per heavy atom. The second-order valence-corrected chi connectivity index (χ2v) is 14.6. The zero-order valence-corrected chi connectivity index (χ0v) is 31.2. The van der Waals surface area contributed by atoms with Crippen LogP contribution in [0.5, 0.6) is 11.5 Å². The number of nitriles is 1. The molecule has 0 saturated carbocycles. The lowest BCUT2D eigenvalue weighted by Crippen LogP contribution is -2.32. The number of benzene rings is 8. The first-order chi connectivity index (χ1) is 28.7. The van der Waals surface area contributed by atoms with Crippen LogP contribution in [-0.2, 0) is 5.41 Å². The summed E-state index contributed by atoms with van der Waals surface area (Å²) in [5.41, 5.74) is 13.7. The first-order valence-electron chi connectivity index (χ1n) is 19.3. The van der Waals surface area contributed by atoms with E-state index < -0.39 is 5.41 Å². The summed E-state index contributed by atoms with van der Waals surface area (Å²) in [5.74, 6) is 3.50. The van der Waals surface area contributed by atoms with Crippen LogP contribution in [-0.4, -0.2) is 15.0 Å². The quantitative estimate of drug-likeness (QED) is 0.176. The lowest BCUT2D eigenvalue weighted by atomic mass is 9.65. The number of rotatable bonds is 5. The summed E-state index contributed by atoms with van der Waals surface area (Å²) >= 11 is 0.